The molecule has 8 nitrogen and oxygen atoms in total. The molecule has 2 aromatic rings. The predicted octanol–water partition coefficient (Wildman–Crippen LogP) is 4.32. The minimum absolute atomic E-state index is 0.168. The second-order valence-electron chi connectivity index (χ2n) is 9.68. The van der Waals surface area contributed by atoms with E-state index < -0.39 is 0 Å². The second-order valence-corrected chi connectivity index (χ2v) is 9.68. The quantitative estimate of drug-likeness (QED) is 0.652. The third-order valence-corrected chi connectivity index (χ3v) is 7.68. The van der Waals surface area contributed by atoms with Crippen molar-refractivity contribution in [1.82, 2.24) is 25.1 Å². The fourth-order valence-corrected chi connectivity index (χ4v) is 5.79. The minimum atomic E-state index is -0.168. The molecule has 5 rings (SSSR count). The highest BCUT2D eigenvalue weighted by atomic mass is 16.2. The predicted molar refractivity (Wildman–Crippen MR) is 130 cm³/mol. The molecule has 0 spiro atoms. The number of carbonyl (C=O) groups excluding carboxylic acids is 1. The lowest BCUT2D eigenvalue weighted by atomic mass is 9.96. The van der Waals surface area contributed by atoms with Crippen LogP contribution in [0.1, 0.15) is 88.1 Å². The Morgan fingerprint density at radius 1 is 1.09 bits per heavy atom. The van der Waals surface area contributed by atoms with Gasteiger partial charge < -0.3 is 15.1 Å². The Morgan fingerprint density at radius 2 is 1.88 bits per heavy atom. The summed E-state index contributed by atoms with van der Waals surface area (Å²) < 4.78 is 0. The zero-order valence-corrected chi connectivity index (χ0v) is 20.1. The molecule has 8 heteroatoms. The largest absolute Gasteiger partial charge is 0.341 e. The molecule has 0 bridgehead atoms. The van der Waals surface area contributed by atoms with Crippen molar-refractivity contribution in [3.05, 3.63) is 23.0 Å². The van der Waals surface area contributed by atoms with Crippen molar-refractivity contribution in [3.8, 4) is 0 Å². The maximum absolute atomic E-state index is 13.2. The van der Waals surface area contributed by atoms with E-state index in [1.165, 1.54) is 36.9 Å². The van der Waals surface area contributed by atoms with Crippen LogP contribution in [0.25, 0.3) is 0 Å². The molecule has 1 saturated carbocycles. The monoisotopic (exact) mass is 451 g/mol. The Kier molecular flexibility index (Phi) is 6.51. The van der Waals surface area contributed by atoms with Gasteiger partial charge in [0.15, 0.2) is 5.82 Å². The lowest BCUT2D eigenvalue weighted by Crippen LogP contribution is -2.46. The molecule has 3 aliphatic rings. The van der Waals surface area contributed by atoms with Crippen LogP contribution in [-0.4, -0.2) is 56.6 Å². The van der Waals surface area contributed by atoms with Crippen molar-refractivity contribution in [3.63, 3.8) is 0 Å². The van der Waals surface area contributed by atoms with Crippen LogP contribution >= 0.6 is 0 Å². The van der Waals surface area contributed by atoms with Gasteiger partial charge in [-0.1, -0.05) is 12.8 Å². The van der Waals surface area contributed by atoms with Crippen molar-refractivity contribution in [1.29, 1.82) is 0 Å². The first-order valence-electron chi connectivity index (χ1n) is 13.0. The average molecular weight is 452 g/mol. The van der Waals surface area contributed by atoms with E-state index in [0.717, 1.165) is 75.5 Å². The number of nitrogens with one attached hydrogen (secondary N) is 2. The number of aromatic amines is 1. The van der Waals surface area contributed by atoms with Crippen molar-refractivity contribution in [2.24, 2.45) is 0 Å². The number of fused-ring (bicyclic) bond motifs is 1. The molecule has 0 aromatic carbocycles. The summed E-state index contributed by atoms with van der Waals surface area (Å²) in [4.78, 5) is 27.2. The van der Waals surface area contributed by atoms with Crippen LogP contribution in [0.2, 0.25) is 0 Å². The molecule has 2 fully saturated rings. The average Bonchev–Trinajstić information content (AvgIpc) is 3.61. The molecule has 1 aliphatic heterocycles. The Hall–Kier alpha value is -2.64. The van der Waals surface area contributed by atoms with Gasteiger partial charge in [-0.05, 0) is 65.2 Å². The zero-order chi connectivity index (χ0) is 22.8. The van der Waals surface area contributed by atoms with Gasteiger partial charge in [-0.15, -0.1) is 0 Å². The van der Waals surface area contributed by atoms with Gasteiger partial charge in [0.05, 0.1) is 5.69 Å². The SMILES string of the molecule is CCN(CC)C(=O)[C@H]1CCCN1c1nc2c(c(Nc3cc(C4CCCC4)[nH]n3)n1)CCCC2. The summed E-state index contributed by atoms with van der Waals surface area (Å²) in [6.45, 7) is 6.38. The number of hydrogen-bond donors (Lipinski definition) is 2. The molecule has 0 radical (unpaired) electrons. The normalized spacial score (nSPS) is 20.8. The fraction of sp³-hybridized carbons (Fsp3) is 0.680. The Morgan fingerprint density at radius 3 is 2.67 bits per heavy atom. The molecule has 3 heterocycles. The zero-order valence-electron chi connectivity index (χ0n) is 20.1. The lowest BCUT2D eigenvalue weighted by molar-refractivity contribution is -0.132. The van der Waals surface area contributed by atoms with Crippen molar-refractivity contribution < 1.29 is 4.79 Å². The van der Waals surface area contributed by atoms with E-state index >= 15 is 0 Å². The summed E-state index contributed by atoms with van der Waals surface area (Å²) in [5, 5.41) is 11.3. The summed E-state index contributed by atoms with van der Waals surface area (Å²) >= 11 is 0. The summed E-state index contributed by atoms with van der Waals surface area (Å²) in [5.41, 5.74) is 3.56. The fourth-order valence-electron chi connectivity index (χ4n) is 5.79. The highest BCUT2D eigenvalue weighted by Crippen LogP contribution is 2.35. The highest BCUT2D eigenvalue weighted by Gasteiger charge is 2.35. The van der Waals surface area contributed by atoms with E-state index in [0.29, 0.717) is 11.9 Å². The summed E-state index contributed by atoms with van der Waals surface area (Å²) in [6, 6.07) is 1.98. The van der Waals surface area contributed by atoms with Gasteiger partial charge in [-0.25, -0.2) is 4.98 Å². The van der Waals surface area contributed by atoms with Crippen LogP contribution in [0.5, 0.6) is 0 Å². The molecule has 1 amide bonds. The van der Waals surface area contributed by atoms with Gasteiger partial charge in [0.1, 0.15) is 11.9 Å². The Labute approximate surface area is 196 Å². The molecule has 1 saturated heterocycles. The third kappa shape index (κ3) is 4.44. The maximum atomic E-state index is 13.2. The second kappa shape index (κ2) is 9.69. The molecular weight excluding hydrogens is 414 g/mol. The number of hydrogen-bond acceptors (Lipinski definition) is 6. The molecule has 178 valence electrons. The Balaban J connectivity index is 1.43. The van der Waals surface area contributed by atoms with Crippen LogP contribution in [0, 0.1) is 0 Å². The number of aromatic nitrogens is 4. The van der Waals surface area contributed by atoms with Gasteiger partial charge in [0.25, 0.3) is 0 Å². The number of aryl methyl sites for hydroxylation is 1. The molecular formula is C25H37N7O. The van der Waals surface area contributed by atoms with E-state index in [-0.39, 0.29) is 11.9 Å². The smallest absolute Gasteiger partial charge is 0.245 e. The van der Waals surface area contributed by atoms with Crippen LogP contribution in [-0.2, 0) is 17.6 Å². The Bertz CT molecular complexity index is 977. The van der Waals surface area contributed by atoms with E-state index in [1.54, 1.807) is 0 Å². The third-order valence-electron chi connectivity index (χ3n) is 7.68. The van der Waals surface area contributed by atoms with E-state index in [9.17, 15) is 4.79 Å². The first-order valence-corrected chi connectivity index (χ1v) is 13.0. The summed E-state index contributed by atoms with van der Waals surface area (Å²) in [5.74, 6) is 3.17. The standard InChI is InChI=1S/C25H37N7O/c1-3-31(4-2)24(33)21-14-9-15-32(21)25-26-19-13-8-7-12-18(19)23(28-25)27-22-16-20(29-30-22)17-10-5-6-11-17/h16-17,21H,3-15H2,1-2H3,(H2,26,27,28,29,30)/t21-/m1/s1. The minimum Gasteiger partial charge on any atom is -0.341 e. The molecule has 2 aliphatic carbocycles. The topological polar surface area (TPSA) is 90.0 Å². The molecule has 1 atom stereocenters. The van der Waals surface area contributed by atoms with Crippen LogP contribution in [0.15, 0.2) is 6.07 Å². The van der Waals surface area contributed by atoms with Crippen LogP contribution < -0.4 is 10.2 Å². The van der Waals surface area contributed by atoms with Crippen LogP contribution in [0.3, 0.4) is 0 Å². The number of nitrogens with zero attached hydrogens (tertiary/aromatic N) is 5. The highest BCUT2D eigenvalue weighted by molar-refractivity contribution is 5.85. The van der Waals surface area contributed by atoms with E-state index in [1.807, 2.05) is 18.7 Å². The molecule has 33 heavy (non-hydrogen) atoms. The van der Waals surface area contributed by atoms with E-state index in [2.05, 4.69) is 26.5 Å². The number of amides is 1. The maximum Gasteiger partial charge on any atom is 0.245 e. The first kappa shape index (κ1) is 22.2. The lowest BCUT2D eigenvalue weighted by Gasteiger charge is -2.30. The summed E-state index contributed by atoms with van der Waals surface area (Å²) in [7, 11) is 0. The van der Waals surface area contributed by atoms with Crippen molar-refractivity contribution in [2.75, 3.05) is 29.9 Å². The first-order chi connectivity index (χ1) is 16.2. The van der Waals surface area contributed by atoms with Gasteiger partial charge in [-0.3, -0.25) is 9.89 Å². The number of likely N-dealkylation sites (N-methyl/N-ethyl adjacent to an activating group) is 1. The number of rotatable bonds is 7. The van der Waals surface area contributed by atoms with Crippen molar-refractivity contribution in [2.45, 2.75) is 90.0 Å². The van der Waals surface area contributed by atoms with Gasteiger partial charge >= 0.3 is 0 Å². The number of carbonyl (C=O) groups is 1. The van der Waals surface area contributed by atoms with Crippen molar-refractivity contribution >= 4 is 23.5 Å². The number of anilines is 3. The van der Waals surface area contributed by atoms with Gasteiger partial charge in [0.2, 0.25) is 11.9 Å². The number of H-pyrrole nitrogens is 1. The molecule has 2 aromatic heterocycles. The van der Waals surface area contributed by atoms with Gasteiger partial charge in [0, 0.05) is 42.9 Å². The van der Waals surface area contributed by atoms with Gasteiger partial charge in [-0.2, -0.15) is 10.1 Å². The molecule has 0 unspecified atom stereocenters. The van der Waals surface area contributed by atoms with Crippen LogP contribution in [0.4, 0.5) is 17.6 Å². The molecule has 2 N–H and O–H groups in total. The van der Waals surface area contributed by atoms with E-state index in [4.69, 9.17) is 9.97 Å². The summed E-state index contributed by atoms with van der Waals surface area (Å²) in [6.07, 6.45) is 11.2.